The van der Waals surface area contributed by atoms with Crippen LogP contribution in [-0.4, -0.2) is 15.7 Å². The number of aryl methyl sites for hydroxylation is 1. The Morgan fingerprint density at radius 1 is 0.438 bits per heavy atom. The van der Waals surface area contributed by atoms with Crippen molar-refractivity contribution in [2.45, 2.75) is 13.3 Å². The molecule has 48 heavy (non-hydrogen) atoms. The number of aromatic nitrogens is 2. The van der Waals surface area contributed by atoms with Gasteiger partial charge in [-0.15, -0.1) is 0 Å². The van der Waals surface area contributed by atoms with Crippen molar-refractivity contribution in [1.29, 1.82) is 0 Å². The number of ether oxygens (including phenoxy) is 1. The highest BCUT2D eigenvalue weighted by Gasteiger charge is 2.14. The summed E-state index contributed by atoms with van der Waals surface area (Å²) in [6.45, 7) is 2.74. The maximum absolute atomic E-state index is 6.04. The second kappa shape index (κ2) is 11.6. The first-order chi connectivity index (χ1) is 23.7. The topological polar surface area (TPSA) is 19.1 Å². The minimum atomic E-state index is 0.647. The Hall–Kier alpha value is -6.06. The van der Waals surface area contributed by atoms with Crippen LogP contribution in [0.5, 0.6) is 5.75 Å². The second-order valence-electron chi connectivity index (χ2n) is 12.6. The lowest BCUT2D eigenvalue weighted by Gasteiger charge is -2.11. The predicted molar refractivity (Wildman–Crippen MR) is 201 cm³/mol. The normalized spacial score (nSPS) is 11.6. The molecule has 0 bridgehead atoms. The molecule has 0 spiro atoms. The van der Waals surface area contributed by atoms with E-state index in [4.69, 9.17) is 4.74 Å². The third-order valence-electron chi connectivity index (χ3n) is 9.58. The van der Waals surface area contributed by atoms with Gasteiger partial charge < -0.3 is 13.9 Å². The third-order valence-corrected chi connectivity index (χ3v) is 9.58. The van der Waals surface area contributed by atoms with Crippen LogP contribution in [0.25, 0.3) is 66.1 Å². The molecule has 3 nitrogen and oxygen atoms in total. The number of benzene rings is 7. The summed E-state index contributed by atoms with van der Waals surface area (Å²) in [5.41, 5.74) is 12.1. The summed E-state index contributed by atoms with van der Waals surface area (Å²) >= 11 is 0. The summed E-state index contributed by atoms with van der Waals surface area (Å²) in [5.74, 6) is 0.917. The molecule has 0 amide bonds. The molecule has 0 unspecified atom stereocenters. The van der Waals surface area contributed by atoms with Gasteiger partial charge in [0.05, 0.1) is 28.7 Å². The number of nitrogens with zero attached hydrogens (tertiary/aromatic N) is 2. The van der Waals surface area contributed by atoms with Crippen LogP contribution in [0.15, 0.2) is 164 Å². The largest absolute Gasteiger partial charge is 0.493 e. The van der Waals surface area contributed by atoms with Crippen LogP contribution in [-0.2, 0) is 6.42 Å². The lowest BCUT2D eigenvalue weighted by atomic mass is 10.0. The summed E-state index contributed by atoms with van der Waals surface area (Å²) < 4.78 is 10.8. The summed E-state index contributed by atoms with van der Waals surface area (Å²) in [6, 6.07) is 59.0. The van der Waals surface area contributed by atoms with Crippen molar-refractivity contribution in [1.82, 2.24) is 9.13 Å². The molecular formula is C45H34N2O. The number of hydrogen-bond acceptors (Lipinski definition) is 1. The first kappa shape index (κ1) is 28.2. The van der Waals surface area contributed by atoms with E-state index in [1.807, 2.05) is 12.1 Å². The molecule has 230 valence electrons. The Kier molecular flexibility index (Phi) is 6.83. The Labute approximate surface area is 279 Å². The van der Waals surface area contributed by atoms with Gasteiger partial charge in [0.15, 0.2) is 0 Å². The van der Waals surface area contributed by atoms with Crippen LogP contribution in [0.4, 0.5) is 0 Å². The van der Waals surface area contributed by atoms with Crippen molar-refractivity contribution in [3.05, 3.63) is 175 Å². The molecule has 0 aliphatic heterocycles. The molecule has 0 atom stereocenters. The number of rotatable bonds is 7. The predicted octanol–water partition coefficient (Wildman–Crippen LogP) is 11.5. The Morgan fingerprint density at radius 3 is 1.42 bits per heavy atom. The zero-order valence-corrected chi connectivity index (χ0v) is 26.8. The van der Waals surface area contributed by atoms with Crippen molar-refractivity contribution in [3.8, 4) is 28.3 Å². The zero-order valence-electron chi connectivity index (χ0n) is 26.8. The molecule has 7 aromatic carbocycles. The van der Waals surface area contributed by atoms with Crippen molar-refractivity contribution < 1.29 is 4.74 Å². The van der Waals surface area contributed by atoms with Gasteiger partial charge in [0, 0.05) is 39.3 Å². The van der Waals surface area contributed by atoms with Crippen LogP contribution in [0, 0.1) is 6.92 Å². The van der Waals surface area contributed by atoms with Gasteiger partial charge in [0.2, 0.25) is 0 Å². The van der Waals surface area contributed by atoms with Gasteiger partial charge in [0.25, 0.3) is 0 Å². The van der Waals surface area contributed by atoms with E-state index in [2.05, 4.69) is 168 Å². The monoisotopic (exact) mass is 618 g/mol. The fraction of sp³-hybridized carbons (Fsp3) is 0.0667. The van der Waals surface area contributed by atoms with Crippen molar-refractivity contribution in [3.63, 3.8) is 0 Å². The first-order valence-corrected chi connectivity index (χ1v) is 16.6. The van der Waals surface area contributed by atoms with Gasteiger partial charge in [-0.2, -0.15) is 0 Å². The molecule has 9 rings (SSSR count). The summed E-state index contributed by atoms with van der Waals surface area (Å²) in [6.07, 6.45) is 0.855. The van der Waals surface area contributed by atoms with Gasteiger partial charge in [-0.25, -0.2) is 0 Å². The fourth-order valence-electron chi connectivity index (χ4n) is 7.18. The average Bonchev–Trinajstić information content (AvgIpc) is 3.65. The molecule has 0 radical (unpaired) electrons. The maximum atomic E-state index is 6.04. The molecule has 2 aromatic heterocycles. The fourth-order valence-corrected chi connectivity index (χ4v) is 7.18. The van der Waals surface area contributed by atoms with Gasteiger partial charge in [-0.1, -0.05) is 103 Å². The van der Waals surface area contributed by atoms with Crippen LogP contribution >= 0.6 is 0 Å². The SMILES string of the molecule is Cc1ccc(OCCc2ccc3c(c2)c2ccccc2n3-c2ccc(-c3ccc(-n4c5ccccc5c5ccccc54)cc3)cc2)cc1. The van der Waals surface area contributed by atoms with Gasteiger partial charge >= 0.3 is 0 Å². The van der Waals surface area contributed by atoms with Crippen LogP contribution < -0.4 is 4.74 Å². The van der Waals surface area contributed by atoms with Crippen LogP contribution in [0.3, 0.4) is 0 Å². The third kappa shape index (κ3) is 4.83. The van der Waals surface area contributed by atoms with E-state index in [0.29, 0.717) is 6.61 Å². The first-order valence-electron chi connectivity index (χ1n) is 16.6. The van der Waals surface area contributed by atoms with E-state index in [-0.39, 0.29) is 0 Å². The van der Waals surface area contributed by atoms with Gasteiger partial charge in [-0.05, 0) is 90.3 Å². The highest BCUT2D eigenvalue weighted by atomic mass is 16.5. The highest BCUT2D eigenvalue weighted by Crippen LogP contribution is 2.35. The minimum Gasteiger partial charge on any atom is -0.493 e. The Balaban J connectivity index is 1.01. The van der Waals surface area contributed by atoms with Crippen LogP contribution in [0.2, 0.25) is 0 Å². The van der Waals surface area contributed by atoms with Crippen LogP contribution in [0.1, 0.15) is 11.1 Å². The molecular weight excluding hydrogens is 585 g/mol. The second-order valence-corrected chi connectivity index (χ2v) is 12.6. The van der Waals surface area contributed by atoms with Gasteiger partial charge in [-0.3, -0.25) is 0 Å². The number of fused-ring (bicyclic) bond motifs is 6. The lowest BCUT2D eigenvalue weighted by molar-refractivity contribution is 0.322. The Morgan fingerprint density at radius 2 is 0.896 bits per heavy atom. The maximum Gasteiger partial charge on any atom is 0.119 e. The summed E-state index contributed by atoms with van der Waals surface area (Å²) in [4.78, 5) is 0. The molecule has 0 N–H and O–H groups in total. The molecule has 9 aromatic rings. The van der Waals surface area contributed by atoms with E-state index in [0.717, 1.165) is 17.9 Å². The molecule has 0 fully saturated rings. The molecule has 0 saturated carbocycles. The smallest absolute Gasteiger partial charge is 0.119 e. The number of para-hydroxylation sites is 3. The van der Waals surface area contributed by atoms with Crippen molar-refractivity contribution in [2.24, 2.45) is 0 Å². The highest BCUT2D eigenvalue weighted by molar-refractivity contribution is 6.10. The van der Waals surface area contributed by atoms with Crippen molar-refractivity contribution >= 4 is 43.6 Å². The summed E-state index contributed by atoms with van der Waals surface area (Å²) in [5, 5.41) is 5.09. The van der Waals surface area contributed by atoms with Gasteiger partial charge in [0.1, 0.15) is 5.75 Å². The zero-order chi connectivity index (χ0) is 32.0. The van der Waals surface area contributed by atoms with E-state index in [9.17, 15) is 0 Å². The van der Waals surface area contributed by atoms with E-state index in [1.165, 1.54) is 71.6 Å². The molecule has 0 aliphatic carbocycles. The molecule has 0 saturated heterocycles. The summed E-state index contributed by atoms with van der Waals surface area (Å²) in [7, 11) is 0. The Bertz CT molecular complexity index is 2520. The van der Waals surface area contributed by atoms with E-state index < -0.39 is 0 Å². The quantitative estimate of drug-likeness (QED) is 0.174. The minimum absolute atomic E-state index is 0.647. The van der Waals surface area contributed by atoms with E-state index in [1.54, 1.807) is 0 Å². The molecule has 0 aliphatic rings. The van der Waals surface area contributed by atoms with E-state index >= 15 is 0 Å². The standard InChI is InChI=1S/C45H34N2O/c1-31-14-25-37(26-15-31)48-29-28-32-16-27-45-41(30-32)40-10-4-7-13-44(40)47(45)36-23-19-34(20-24-36)33-17-21-35(22-18-33)46-42-11-5-2-8-38(42)39-9-3-6-12-43(39)46/h2-27,30H,28-29H2,1H3. The lowest BCUT2D eigenvalue weighted by Crippen LogP contribution is -2.01. The van der Waals surface area contributed by atoms with Crippen molar-refractivity contribution in [2.75, 3.05) is 6.61 Å². The average molecular weight is 619 g/mol. The molecule has 3 heteroatoms. The number of hydrogen-bond donors (Lipinski definition) is 0. The molecule has 2 heterocycles.